The van der Waals surface area contributed by atoms with Crippen LogP contribution in [0.15, 0.2) is 42.5 Å². The van der Waals surface area contributed by atoms with E-state index in [1.165, 1.54) is 0 Å². The molecule has 1 heterocycles. The van der Waals surface area contributed by atoms with Crippen molar-refractivity contribution in [1.82, 2.24) is 0 Å². The van der Waals surface area contributed by atoms with E-state index in [-0.39, 0.29) is 11.8 Å². The van der Waals surface area contributed by atoms with Crippen molar-refractivity contribution in [1.29, 1.82) is 0 Å². The van der Waals surface area contributed by atoms with E-state index in [1.807, 2.05) is 42.5 Å². The predicted octanol–water partition coefficient (Wildman–Crippen LogP) is 4.28. The van der Waals surface area contributed by atoms with Gasteiger partial charge in [0.15, 0.2) is 0 Å². The number of nitrogens with two attached hydrogens (primary N) is 1. The van der Waals surface area contributed by atoms with Crippen molar-refractivity contribution in [3.05, 3.63) is 58.6 Å². The SMILES string of the molecule is NCCCCCCC(=O)Nc1ccc(CN2C(=O)Cc3ccc(Cl)cc32)cc1. The van der Waals surface area contributed by atoms with Crippen LogP contribution in [0.5, 0.6) is 0 Å². The molecule has 0 aromatic heterocycles. The molecule has 3 N–H and O–H groups in total. The van der Waals surface area contributed by atoms with Gasteiger partial charge in [0, 0.05) is 22.8 Å². The number of nitrogens with zero attached hydrogens (tertiary/aromatic N) is 1. The van der Waals surface area contributed by atoms with E-state index in [2.05, 4.69) is 5.32 Å². The lowest BCUT2D eigenvalue weighted by molar-refractivity contribution is -0.117. The summed E-state index contributed by atoms with van der Waals surface area (Å²) < 4.78 is 0. The molecule has 0 saturated carbocycles. The number of halogens is 1. The van der Waals surface area contributed by atoms with Crippen LogP contribution in [0.3, 0.4) is 0 Å². The fourth-order valence-corrected chi connectivity index (χ4v) is 3.55. The molecule has 0 aliphatic carbocycles. The Balaban J connectivity index is 1.53. The highest BCUT2D eigenvalue weighted by molar-refractivity contribution is 6.31. The van der Waals surface area contributed by atoms with Gasteiger partial charge in [-0.05, 0) is 54.8 Å². The maximum atomic E-state index is 12.3. The third kappa shape index (κ3) is 5.33. The second-order valence-electron chi connectivity index (χ2n) is 7.13. The maximum absolute atomic E-state index is 12.3. The highest BCUT2D eigenvalue weighted by atomic mass is 35.5. The number of unbranched alkanes of at least 4 members (excludes halogenated alkanes) is 3. The average Bonchev–Trinajstić information content (AvgIpc) is 2.98. The molecule has 0 saturated heterocycles. The van der Waals surface area contributed by atoms with Crippen molar-refractivity contribution < 1.29 is 9.59 Å². The van der Waals surface area contributed by atoms with Gasteiger partial charge in [-0.25, -0.2) is 0 Å². The monoisotopic (exact) mass is 399 g/mol. The number of hydrogen-bond acceptors (Lipinski definition) is 3. The molecule has 0 spiro atoms. The Hall–Kier alpha value is -2.37. The maximum Gasteiger partial charge on any atom is 0.231 e. The second-order valence-corrected chi connectivity index (χ2v) is 7.56. The van der Waals surface area contributed by atoms with E-state index in [0.717, 1.165) is 48.2 Å². The molecule has 3 rings (SSSR count). The summed E-state index contributed by atoms with van der Waals surface area (Å²) in [5, 5.41) is 3.55. The molecule has 0 unspecified atom stereocenters. The number of carbonyl (C=O) groups excluding carboxylic acids is 2. The number of hydrogen-bond donors (Lipinski definition) is 2. The minimum absolute atomic E-state index is 0.0267. The molecule has 5 nitrogen and oxygen atoms in total. The van der Waals surface area contributed by atoms with Gasteiger partial charge in [-0.1, -0.05) is 42.6 Å². The molecule has 2 aromatic carbocycles. The molecule has 1 aliphatic heterocycles. The molecule has 0 atom stereocenters. The summed E-state index contributed by atoms with van der Waals surface area (Å²) in [5.41, 5.74) is 9.12. The molecule has 0 bridgehead atoms. The molecule has 2 amide bonds. The normalized spacial score (nSPS) is 12.9. The summed E-state index contributed by atoms with van der Waals surface area (Å²) in [6.07, 6.45) is 4.92. The Kier molecular flexibility index (Phi) is 7.06. The van der Waals surface area contributed by atoms with Gasteiger partial charge in [-0.15, -0.1) is 0 Å². The summed E-state index contributed by atoms with van der Waals surface area (Å²) in [5.74, 6) is 0.100. The van der Waals surface area contributed by atoms with Crippen molar-refractivity contribution in [2.24, 2.45) is 5.73 Å². The number of anilines is 2. The van der Waals surface area contributed by atoms with Crippen LogP contribution in [0, 0.1) is 0 Å². The number of fused-ring (bicyclic) bond motifs is 1. The second kappa shape index (κ2) is 9.71. The largest absolute Gasteiger partial charge is 0.330 e. The van der Waals surface area contributed by atoms with E-state index in [0.29, 0.717) is 31.0 Å². The molecule has 6 heteroatoms. The summed E-state index contributed by atoms with van der Waals surface area (Å²) in [6, 6.07) is 13.2. The number of carbonyl (C=O) groups is 2. The Morgan fingerprint density at radius 2 is 1.82 bits per heavy atom. The van der Waals surface area contributed by atoms with Crippen LogP contribution in [-0.2, 0) is 22.6 Å². The molecule has 0 fully saturated rings. The minimum Gasteiger partial charge on any atom is -0.330 e. The summed E-state index contributed by atoms with van der Waals surface area (Å²) >= 11 is 6.09. The van der Waals surface area contributed by atoms with Gasteiger partial charge in [-0.2, -0.15) is 0 Å². The lowest BCUT2D eigenvalue weighted by Gasteiger charge is -2.18. The summed E-state index contributed by atoms with van der Waals surface area (Å²) in [4.78, 5) is 26.1. The zero-order valence-electron chi connectivity index (χ0n) is 15.9. The molecule has 148 valence electrons. The molecule has 28 heavy (non-hydrogen) atoms. The third-order valence-corrected chi connectivity index (χ3v) is 5.15. The third-order valence-electron chi connectivity index (χ3n) is 4.92. The van der Waals surface area contributed by atoms with Gasteiger partial charge in [0.25, 0.3) is 0 Å². The Bertz CT molecular complexity index is 836. The quantitative estimate of drug-likeness (QED) is 0.618. The smallest absolute Gasteiger partial charge is 0.231 e. The van der Waals surface area contributed by atoms with Gasteiger partial charge >= 0.3 is 0 Å². The highest BCUT2D eigenvalue weighted by Crippen LogP contribution is 2.32. The number of nitrogens with one attached hydrogen (secondary N) is 1. The van der Waals surface area contributed by atoms with Crippen molar-refractivity contribution in [2.45, 2.75) is 45.1 Å². The Morgan fingerprint density at radius 1 is 1.07 bits per heavy atom. The molecular weight excluding hydrogens is 374 g/mol. The van der Waals surface area contributed by atoms with Crippen LogP contribution in [0.2, 0.25) is 5.02 Å². The number of benzene rings is 2. The van der Waals surface area contributed by atoms with Gasteiger partial charge < -0.3 is 16.0 Å². The van der Waals surface area contributed by atoms with E-state index in [4.69, 9.17) is 17.3 Å². The topological polar surface area (TPSA) is 75.4 Å². The fraction of sp³-hybridized carbons (Fsp3) is 0.364. The van der Waals surface area contributed by atoms with Gasteiger partial charge in [0.2, 0.25) is 11.8 Å². The molecule has 2 aromatic rings. The van der Waals surface area contributed by atoms with E-state index in [9.17, 15) is 9.59 Å². The first-order chi connectivity index (χ1) is 13.6. The van der Waals surface area contributed by atoms with Gasteiger partial charge in [0.05, 0.1) is 13.0 Å². The van der Waals surface area contributed by atoms with E-state index in [1.54, 1.807) is 4.90 Å². The Morgan fingerprint density at radius 3 is 2.57 bits per heavy atom. The molecule has 1 aliphatic rings. The highest BCUT2D eigenvalue weighted by Gasteiger charge is 2.27. The van der Waals surface area contributed by atoms with Gasteiger partial charge in [-0.3, -0.25) is 9.59 Å². The first kappa shape index (κ1) is 20.4. The minimum atomic E-state index is 0.0267. The van der Waals surface area contributed by atoms with Crippen LogP contribution in [0.1, 0.15) is 43.2 Å². The van der Waals surface area contributed by atoms with Crippen LogP contribution in [0.25, 0.3) is 0 Å². The first-order valence-electron chi connectivity index (χ1n) is 9.74. The van der Waals surface area contributed by atoms with Crippen LogP contribution in [-0.4, -0.2) is 18.4 Å². The van der Waals surface area contributed by atoms with E-state index < -0.39 is 0 Å². The van der Waals surface area contributed by atoms with Crippen LogP contribution >= 0.6 is 11.6 Å². The van der Waals surface area contributed by atoms with E-state index >= 15 is 0 Å². The summed E-state index contributed by atoms with van der Waals surface area (Å²) in [6.45, 7) is 1.20. The summed E-state index contributed by atoms with van der Waals surface area (Å²) in [7, 11) is 0. The van der Waals surface area contributed by atoms with Crippen molar-refractivity contribution in [2.75, 3.05) is 16.8 Å². The van der Waals surface area contributed by atoms with Crippen molar-refractivity contribution in [3.63, 3.8) is 0 Å². The van der Waals surface area contributed by atoms with Crippen LogP contribution in [0.4, 0.5) is 11.4 Å². The lowest BCUT2D eigenvalue weighted by Crippen LogP contribution is -2.26. The van der Waals surface area contributed by atoms with Crippen molar-refractivity contribution >= 4 is 34.8 Å². The standard InChI is InChI=1S/C22H26ClN3O2/c23-18-9-8-17-13-22(28)26(20(17)14-18)15-16-6-10-19(11-7-16)25-21(27)5-3-1-2-4-12-24/h6-11,14H,1-5,12-13,15,24H2,(H,25,27). The number of rotatable bonds is 9. The number of amides is 2. The lowest BCUT2D eigenvalue weighted by atomic mass is 10.1. The zero-order valence-corrected chi connectivity index (χ0v) is 16.7. The average molecular weight is 400 g/mol. The van der Waals surface area contributed by atoms with Crippen LogP contribution < -0.4 is 16.0 Å². The van der Waals surface area contributed by atoms with Gasteiger partial charge in [0.1, 0.15) is 0 Å². The molecular formula is C22H26ClN3O2. The van der Waals surface area contributed by atoms with Crippen molar-refractivity contribution in [3.8, 4) is 0 Å². The predicted molar refractivity (Wildman–Crippen MR) is 114 cm³/mol. The first-order valence-corrected chi connectivity index (χ1v) is 10.1. The Labute approximate surface area is 170 Å². The fourth-order valence-electron chi connectivity index (χ4n) is 3.39. The zero-order chi connectivity index (χ0) is 19.9. The molecule has 0 radical (unpaired) electrons.